The first-order valence-electron chi connectivity index (χ1n) is 7.88. The Bertz CT molecular complexity index is 955. The standard InChI is InChI=1S/C17H15F3N6/c1-11-7-14(24-23-11)22-16-10-25(12-5-3-2-4-6-12)9-15-21-13(8-26(15)16)17(18,19)20/h2-8,10H,9H2,1H3,(H2,22,23,24). The van der Waals surface area contributed by atoms with E-state index >= 15 is 0 Å². The highest BCUT2D eigenvalue weighted by Crippen LogP contribution is 2.32. The van der Waals surface area contributed by atoms with E-state index in [2.05, 4.69) is 20.5 Å². The number of alkyl halides is 3. The van der Waals surface area contributed by atoms with Gasteiger partial charge < -0.3 is 10.2 Å². The van der Waals surface area contributed by atoms with Crippen LogP contribution in [0.3, 0.4) is 0 Å². The van der Waals surface area contributed by atoms with Gasteiger partial charge in [0, 0.05) is 29.8 Å². The second kappa shape index (κ2) is 5.94. The van der Waals surface area contributed by atoms with E-state index in [1.807, 2.05) is 42.2 Å². The molecule has 1 aromatic carbocycles. The zero-order valence-corrected chi connectivity index (χ0v) is 13.7. The summed E-state index contributed by atoms with van der Waals surface area (Å²) >= 11 is 0. The molecule has 2 N–H and O–H groups in total. The normalized spacial score (nSPS) is 14.2. The zero-order valence-electron chi connectivity index (χ0n) is 13.7. The minimum atomic E-state index is -4.50. The molecule has 0 unspecified atom stereocenters. The topological polar surface area (TPSA) is 61.8 Å². The van der Waals surface area contributed by atoms with Gasteiger partial charge in [-0.15, -0.1) is 0 Å². The molecule has 6 nitrogen and oxygen atoms in total. The van der Waals surface area contributed by atoms with Crippen LogP contribution in [0, 0.1) is 6.92 Å². The van der Waals surface area contributed by atoms with E-state index in [1.165, 1.54) is 4.57 Å². The molecule has 3 aromatic rings. The van der Waals surface area contributed by atoms with Gasteiger partial charge >= 0.3 is 6.18 Å². The minimum absolute atomic E-state index is 0.227. The molecule has 0 aliphatic carbocycles. The van der Waals surface area contributed by atoms with Crippen LogP contribution in [0.15, 0.2) is 48.8 Å². The molecule has 3 heterocycles. The lowest BCUT2D eigenvalue weighted by atomic mass is 10.2. The summed E-state index contributed by atoms with van der Waals surface area (Å²) in [4.78, 5) is 5.62. The molecule has 0 saturated heterocycles. The lowest BCUT2D eigenvalue weighted by Gasteiger charge is -2.27. The molecule has 9 heteroatoms. The quantitative estimate of drug-likeness (QED) is 0.745. The van der Waals surface area contributed by atoms with Gasteiger partial charge in [0.2, 0.25) is 0 Å². The van der Waals surface area contributed by atoms with Crippen LogP contribution in [0.2, 0.25) is 0 Å². The number of rotatable bonds is 3. The van der Waals surface area contributed by atoms with E-state index < -0.39 is 11.9 Å². The molecule has 0 radical (unpaired) electrons. The summed E-state index contributed by atoms with van der Waals surface area (Å²) < 4.78 is 40.7. The van der Waals surface area contributed by atoms with Gasteiger partial charge in [-0.05, 0) is 19.1 Å². The minimum Gasteiger partial charge on any atom is -0.337 e. The molecule has 0 spiro atoms. The van der Waals surface area contributed by atoms with Gasteiger partial charge in [-0.25, -0.2) is 4.98 Å². The van der Waals surface area contributed by atoms with Crippen LogP contribution >= 0.6 is 0 Å². The number of benzene rings is 1. The van der Waals surface area contributed by atoms with Crippen molar-refractivity contribution in [1.29, 1.82) is 0 Å². The highest BCUT2D eigenvalue weighted by Gasteiger charge is 2.36. The zero-order chi connectivity index (χ0) is 18.3. The van der Waals surface area contributed by atoms with E-state index in [-0.39, 0.29) is 6.54 Å². The number of aromatic nitrogens is 4. The average Bonchev–Trinajstić information content (AvgIpc) is 3.21. The number of aromatic amines is 1. The maximum atomic E-state index is 13.1. The van der Waals surface area contributed by atoms with Crippen molar-refractivity contribution in [3.05, 3.63) is 66.0 Å². The van der Waals surface area contributed by atoms with E-state index in [4.69, 9.17) is 0 Å². The fourth-order valence-corrected chi connectivity index (χ4v) is 2.77. The largest absolute Gasteiger partial charge is 0.434 e. The first-order chi connectivity index (χ1) is 12.4. The Morgan fingerprint density at radius 3 is 2.62 bits per heavy atom. The number of nitrogens with one attached hydrogen (secondary N) is 2. The fraction of sp³-hybridized carbons (Fsp3) is 0.176. The Balaban J connectivity index is 1.76. The Kier molecular flexibility index (Phi) is 3.71. The van der Waals surface area contributed by atoms with Crippen LogP contribution < -0.4 is 10.2 Å². The van der Waals surface area contributed by atoms with Gasteiger partial charge in [0.15, 0.2) is 11.5 Å². The third-order valence-corrected chi connectivity index (χ3v) is 3.97. The summed E-state index contributed by atoms with van der Waals surface area (Å²) in [5, 5.41) is 9.94. The van der Waals surface area contributed by atoms with Crippen LogP contribution in [-0.4, -0.2) is 19.7 Å². The van der Waals surface area contributed by atoms with Crippen molar-refractivity contribution in [2.24, 2.45) is 0 Å². The lowest BCUT2D eigenvalue weighted by molar-refractivity contribution is -0.141. The highest BCUT2D eigenvalue weighted by atomic mass is 19.4. The van der Waals surface area contributed by atoms with E-state index in [1.54, 1.807) is 12.3 Å². The maximum Gasteiger partial charge on any atom is 0.434 e. The number of para-hydroxylation sites is 1. The Hall–Kier alpha value is -3.23. The Labute approximate surface area is 147 Å². The summed E-state index contributed by atoms with van der Waals surface area (Å²) in [5.41, 5.74) is 0.770. The number of hydrogen-bond donors (Lipinski definition) is 2. The third-order valence-electron chi connectivity index (χ3n) is 3.97. The Morgan fingerprint density at radius 2 is 1.96 bits per heavy atom. The lowest BCUT2D eigenvalue weighted by Crippen LogP contribution is -2.27. The van der Waals surface area contributed by atoms with Crippen LogP contribution in [0.4, 0.5) is 24.7 Å². The predicted octanol–water partition coefficient (Wildman–Crippen LogP) is 3.82. The molecule has 1 aliphatic heterocycles. The molecule has 0 saturated carbocycles. The first-order valence-corrected chi connectivity index (χ1v) is 7.88. The van der Waals surface area contributed by atoms with Gasteiger partial charge in [0.05, 0.1) is 6.54 Å². The van der Waals surface area contributed by atoms with Crippen molar-refractivity contribution in [3.63, 3.8) is 0 Å². The second-order valence-electron chi connectivity index (χ2n) is 5.95. The van der Waals surface area contributed by atoms with Gasteiger partial charge in [-0.2, -0.15) is 18.3 Å². The van der Waals surface area contributed by atoms with E-state index in [0.29, 0.717) is 17.5 Å². The Morgan fingerprint density at radius 1 is 1.19 bits per heavy atom. The number of aryl methyl sites for hydroxylation is 1. The molecular formula is C17H15F3N6. The SMILES string of the molecule is Cc1cc(NC2=CN(c3ccccc3)Cc3nc(C(F)(F)F)cn32)n[nH]1. The van der Waals surface area contributed by atoms with Crippen molar-refractivity contribution in [1.82, 2.24) is 19.7 Å². The number of H-pyrrole nitrogens is 1. The second-order valence-corrected chi connectivity index (χ2v) is 5.95. The number of halogens is 3. The summed E-state index contributed by atoms with van der Waals surface area (Å²) in [6.07, 6.45) is -1.76. The summed E-state index contributed by atoms with van der Waals surface area (Å²) in [6.45, 7) is 2.07. The smallest absolute Gasteiger partial charge is 0.337 e. The molecule has 4 rings (SSSR count). The van der Waals surface area contributed by atoms with E-state index in [9.17, 15) is 13.2 Å². The average molecular weight is 360 g/mol. The van der Waals surface area contributed by atoms with Crippen molar-refractivity contribution in [2.45, 2.75) is 19.6 Å². The molecule has 0 fully saturated rings. The van der Waals surface area contributed by atoms with Gasteiger partial charge in [-0.1, -0.05) is 18.2 Å². The van der Waals surface area contributed by atoms with Crippen LogP contribution in [-0.2, 0) is 12.7 Å². The van der Waals surface area contributed by atoms with E-state index in [0.717, 1.165) is 17.6 Å². The molecular weight excluding hydrogens is 345 g/mol. The van der Waals surface area contributed by atoms with Crippen LogP contribution in [0.5, 0.6) is 0 Å². The number of anilines is 2. The summed E-state index contributed by atoms with van der Waals surface area (Å²) in [6, 6.07) is 11.2. The molecule has 0 amide bonds. The number of imidazole rings is 1. The molecule has 0 atom stereocenters. The molecule has 26 heavy (non-hydrogen) atoms. The van der Waals surface area contributed by atoms with Gasteiger partial charge in [0.25, 0.3) is 0 Å². The van der Waals surface area contributed by atoms with Crippen molar-refractivity contribution < 1.29 is 13.2 Å². The highest BCUT2D eigenvalue weighted by molar-refractivity contribution is 5.68. The maximum absolute atomic E-state index is 13.1. The summed E-state index contributed by atoms with van der Waals surface area (Å²) in [5.74, 6) is 1.24. The summed E-state index contributed by atoms with van der Waals surface area (Å²) in [7, 11) is 0. The van der Waals surface area contributed by atoms with Crippen molar-refractivity contribution in [2.75, 3.05) is 10.2 Å². The van der Waals surface area contributed by atoms with Crippen LogP contribution in [0.25, 0.3) is 5.82 Å². The molecule has 0 bridgehead atoms. The van der Waals surface area contributed by atoms with Crippen molar-refractivity contribution >= 4 is 17.3 Å². The number of fused-ring (bicyclic) bond motifs is 1. The monoisotopic (exact) mass is 360 g/mol. The first kappa shape index (κ1) is 16.2. The molecule has 1 aliphatic rings. The molecule has 134 valence electrons. The molecule has 2 aromatic heterocycles. The third kappa shape index (κ3) is 3.03. The van der Waals surface area contributed by atoms with Crippen molar-refractivity contribution in [3.8, 4) is 0 Å². The van der Waals surface area contributed by atoms with Gasteiger partial charge in [-0.3, -0.25) is 9.67 Å². The number of nitrogens with zero attached hydrogens (tertiary/aromatic N) is 4. The number of hydrogen-bond acceptors (Lipinski definition) is 4. The predicted molar refractivity (Wildman–Crippen MR) is 91.1 cm³/mol. The van der Waals surface area contributed by atoms with Crippen LogP contribution in [0.1, 0.15) is 17.2 Å². The fourth-order valence-electron chi connectivity index (χ4n) is 2.77. The van der Waals surface area contributed by atoms with Gasteiger partial charge in [0.1, 0.15) is 11.6 Å².